The van der Waals surface area contributed by atoms with Crippen molar-refractivity contribution in [2.24, 2.45) is 5.92 Å². The minimum Gasteiger partial charge on any atom is -0.394 e. The minimum atomic E-state index is -0.598. The predicted molar refractivity (Wildman–Crippen MR) is 87.4 cm³/mol. The second-order valence-electron chi connectivity index (χ2n) is 5.83. The van der Waals surface area contributed by atoms with Crippen LogP contribution in [0.5, 0.6) is 0 Å². The van der Waals surface area contributed by atoms with Crippen LogP contribution in [-0.2, 0) is 4.74 Å². The summed E-state index contributed by atoms with van der Waals surface area (Å²) in [5, 5.41) is 9.38. The lowest BCUT2D eigenvalue weighted by atomic mass is 9.96. The lowest BCUT2D eigenvalue weighted by Crippen LogP contribution is -2.25. The third-order valence-electron chi connectivity index (χ3n) is 3.86. The molecule has 3 unspecified atom stereocenters. The van der Waals surface area contributed by atoms with Gasteiger partial charge in [-0.05, 0) is 19.8 Å². The van der Waals surface area contributed by atoms with Gasteiger partial charge in [0.25, 0.3) is 5.56 Å². The third kappa shape index (κ3) is 2.82. The van der Waals surface area contributed by atoms with Crippen molar-refractivity contribution < 1.29 is 9.84 Å². The van der Waals surface area contributed by atoms with Crippen LogP contribution >= 0.6 is 11.3 Å². The maximum Gasteiger partial charge on any atom is 0.311 e. The fourth-order valence-electron chi connectivity index (χ4n) is 3.01. The van der Waals surface area contributed by atoms with E-state index in [1.165, 1.54) is 4.57 Å². The molecule has 1 aliphatic heterocycles. The molecule has 3 heterocycles. The van der Waals surface area contributed by atoms with Crippen LogP contribution in [0.15, 0.2) is 21.7 Å². The van der Waals surface area contributed by atoms with Gasteiger partial charge in [-0.1, -0.05) is 16.9 Å². The lowest BCUT2D eigenvalue weighted by molar-refractivity contribution is -0.0318. The smallest absolute Gasteiger partial charge is 0.311 e. The highest BCUT2D eigenvalue weighted by Gasteiger charge is 2.38. The molecule has 2 aromatic rings. The number of thiazole rings is 1. The Balaban J connectivity index is 2.14. The zero-order valence-electron chi connectivity index (χ0n) is 12.6. The van der Waals surface area contributed by atoms with E-state index < -0.39 is 11.8 Å². The van der Waals surface area contributed by atoms with E-state index in [0.29, 0.717) is 12.8 Å². The maximum absolute atomic E-state index is 12.4. The Bertz CT molecular complexity index is 868. The van der Waals surface area contributed by atoms with Crippen LogP contribution in [-0.4, -0.2) is 32.4 Å². The van der Waals surface area contributed by atoms with Gasteiger partial charge in [0.1, 0.15) is 10.9 Å². The Hall–Kier alpha value is -1.97. The minimum absolute atomic E-state index is 0.0255. The van der Waals surface area contributed by atoms with Gasteiger partial charge in [-0.3, -0.25) is 19.1 Å². The molecule has 23 heavy (non-hydrogen) atoms. The molecule has 0 radical (unpaired) electrons. The van der Waals surface area contributed by atoms with Gasteiger partial charge in [0.05, 0.1) is 12.7 Å². The van der Waals surface area contributed by atoms with E-state index >= 15 is 0 Å². The number of anilines is 1. The molecule has 124 valence electrons. The summed E-state index contributed by atoms with van der Waals surface area (Å²) in [5.41, 5.74) is 6.33. The van der Waals surface area contributed by atoms with E-state index in [1.54, 1.807) is 0 Å². The number of nitrogen functional groups attached to an aromatic ring is 1. The van der Waals surface area contributed by atoms with Gasteiger partial charge in [0, 0.05) is 5.92 Å². The van der Waals surface area contributed by atoms with E-state index in [-0.39, 0.29) is 39.8 Å². The van der Waals surface area contributed by atoms with E-state index in [0.717, 1.165) is 16.9 Å². The molecule has 2 aromatic heterocycles. The standard InChI is InChI=1S/C14H18N4O4S/c1-6(2)3-7-4-8(5-19)22-12(7)18-10-9(23-14(18)21)11(20)17-13(15)16-10/h7-8,12,19H,1,3-5H2,2H3,(H3,15,16,17,20). The van der Waals surface area contributed by atoms with Crippen molar-refractivity contribution in [3.63, 3.8) is 0 Å². The van der Waals surface area contributed by atoms with Gasteiger partial charge in [-0.15, -0.1) is 6.58 Å². The first-order chi connectivity index (χ1) is 10.9. The number of hydrogen-bond donors (Lipinski definition) is 3. The van der Waals surface area contributed by atoms with Crippen LogP contribution in [0.1, 0.15) is 26.0 Å². The molecule has 0 saturated carbocycles. The van der Waals surface area contributed by atoms with Crippen molar-refractivity contribution in [2.75, 3.05) is 12.3 Å². The number of H-pyrrole nitrogens is 1. The molecule has 3 atom stereocenters. The van der Waals surface area contributed by atoms with Crippen molar-refractivity contribution in [2.45, 2.75) is 32.1 Å². The van der Waals surface area contributed by atoms with Crippen molar-refractivity contribution >= 4 is 27.6 Å². The molecule has 0 spiro atoms. The summed E-state index contributed by atoms with van der Waals surface area (Å²) in [5.74, 6) is -0.0790. The van der Waals surface area contributed by atoms with Crippen LogP contribution in [0.4, 0.5) is 5.95 Å². The molecule has 8 nitrogen and oxygen atoms in total. The Morgan fingerprint density at radius 2 is 2.35 bits per heavy atom. The van der Waals surface area contributed by atoms with Crippen LogP contribution in [0.2, 0.25) is 0 Å². The first-order valence-electron chi connectivity index (χ1n) is 7.22. The quantitative estimate of drug-likeness (QED) is 0.701. The number of nitrogens with two attached hydrogens (primary N) is 1. The van der Waals surface area contributed by atoms with Crippen molar-refractivity contribution in [3.05, 3.63) is 32.2 Å². The number of aromatic amines is 1. The number of rotatable bonds is 4. The number of hydrogen-bond acceptors (Lipinski definition) is 7. The largest absolute Gasteiger partial charge is 0.394 e. The highest BCUT2D eigenvalue weighted by atomic mass is 32.1. The molecule has 0 amide bonds. The van der Waals surface area contributed by atoms with E-state index in [1.807, 2.05) is 6.92 Å². The molecule has 0 bridgehead atoms. The molecule has 0 aromatic carbocycles. The van der Waals surface area contributed by atoms with Crippen LogP contribution in [0.3, 0.4) is 0 Å². The Morgan fingerprint density at radius 1 is 1.61 bits per heavy atom. The summed E-state index contributed by atoms with van der Waals surface area (Å²) in [6.45, 7) is 5.68. The van der Waals surface area contributed by atoms with Crippen molar-refractivity contribution in [1.29, 1.82) is 0 Å². The van der Waals surface area contributed by atoms with Crippen LogP contribution in [0.25, 0.3) is 10.3 Å². The average molecular weight is 338 g/mol. The molecular weight excluding hydrogens is 320 g/mol. The van der Waals surface area contributed by atoms with E-state index in [4.69, 9.17) is 10.5 Å². The van der Waals surface area contributed by atoms with Crippen molar-refractivity contribution in [1.82, 2.24) is 14.5 Å². The van der Waals surface area contributed by atoms with E-state index in [2.05, 4.69) is 16.5 Å². The van der Waals surface area contributed by atoms with Gasteiger partial charge in [-0.25, -0.2) is 0 Å². The Morgan fingerprint density at radius 3 is 3.00 bits per heavy atom. The van der Waals surface area contributed by atoms with Crippen LogP contribution < -0.4 is 16.2 Å². The van der Waals surface area contributed by atoms with E-state index in [9.17, 15) is 14.7 Å². The van der Waals surface area contributed by atoms with Gasteiger partial charge in [-0.2, -0.15) is 4.98 Å². The molecule has 9 heteroatoms. The molecular formula is C14H18N4O4S. The zero-order valence-corrected chi connectivity index (χ0v) is 13.4. The summed E-state index contributed by atoms with van der Waals surface area (Å²) in [6.07, 6.45) is 0.310. The monoisotopic (exact) mass is 338 g/mol. The first-order valence-corrected chi connectivity index (χ1v) is 8.04. The highest BCUT2D eigenvalue weighted by molar-refractivity contribution is 7.16. The van der Waals surface area contributed by atoms with Gasteiger partial charge in [0.2, 0.25) is 5.95 Å². The molecule has 3 rings (SSSR count). The third-order valence-corrected chi connectivity index (χ3v) is 4.80. The first kappa shape index (κ1) is 15.9. The topological polar surface area (TPSA) is 123 Å². The average Bonchev–Trinajstić information content (AvgIpc) is 2.99. The molecule has 1 aliphatic rings. The fourth-order valence-corrected chi connectivity index (χ4v) is 3.85. The molecule has 0 aliphatic carbocycles. The van der Waals surface area contributed by atoms with Crippen molar-refractivity contribution in [3.8, 4) is 0 Å². The number of aliphatic hydroxyl groups is 1. The Kier molecular flexibility index (Phi) is 4.09. The van der Waals surface area contributed by atoms with Gasteiger partial charge < -0.3 is 15.6 Å². The second kappa shape index (κ2) is 5.91. The molecule has 1 fully saturated rings. The second-order valence-corrected chi connectivity index (χ2v) is 6.79. The summed E-state index contributed by atoms with van der Waals surface area (Å²) in [7, 11) is 0. The summed E-state index contributed by atoms with van der Waals surface area (Å²) < 4.78 is 7.41. The number of aliphatic hydroxyl groups excluding tert-OH is 1. The molecule has 1 saturated heterocycles. The van der Waals surface area contributed by atoms with Gasteiger partial charge >= 0.3 is 4.87 Å². The summed E-state index contributed by atoms with van der Waals surface area (Å²) in [4.78, 5) is 30.5. The predicted octanol–water partition coefficient (Wildman–Crippen LogP) is 0.591. The fraction of sp³-hybridized carbons (Fsp3) is 0.500. The number of fused-ring (bicyclic) bond motifs is 1. The SMILES string of the molecule is C=C(C)CC1CC(CO)OC1n1c(=O)sc2c(=O)[nH]c(N)nc21. The number of aromatic nitrogens is 3. The zero-order chi connectivity index (χ0) is 16.7. The number of ether oxygens (including phenoxy) is 1. The lowest BCUT2D eigenvalue weighted by Gasteiger charge is -2.19. The number of allylic oxidation sites excluding steroid dienone is 1. The normalized spacial score (nSPS) is 24.3. The molecule has 4 N–H and O–H groups in total. The highest BCUT2D eigenvalue weighted by Crippen LogP contribution is 2.38. The summed E-state index contributed by atoms with van der Waals surface area (Å²) >= 11 is 0.811. The maximum atomic E-state index is 12.4. The Labute approximate surface area is 135 Å². The summed E-state index contributed by atoms with van der Waals surface area (Å²) in [6, 6.07) is 0. The number of nitrogens with zero attached hydrogens (tertiary/aromatic N) is 2. The van der Waals surface area contributed by atoms with Crippen LogP contribution in [0, 0.1) is 5.92 Å². The van der Waals surface area contributed by atoms with Gasteiger partial charge in [0.15, 0.2) is 5.65 Å². The number of nitrogens with one attached hydrogen (secondary N) is 1.